The number of nitrogens with one attached hydrogen (secondary N) is 1. The van der Waals surface area contributed by atoms with Gasteiger partial charge in [0.15, 0.2) is 0 Å². The highest BCUT2D eigenvalue weighted by Gasteiger charge is 2.57. The van der Waals surface area contributed by atoms with Gasteiger partial charge in [-0.2, -0.15) is 0 Å². The second kappa shape index (κ2) is 6.69. The summed E-state index contributed by atoms with van der Waals surface area (Å²) in [6, 6.07) is 7.70. The van der Waals surface area contributed by atoms with E-state index in [1.807, 2.05) is 24.3 Å². The van der Waals surface area contributed by atoms with Crippen molar-refractivity contribution in [3.63, 3.8) is 0 Å². The zero-order valence-electron chi connectivity index (χ0n) is 14.6. The first-order valence-corrected chi connectivity index (χ1v) is 8.58. The van der Waals surface area contributed by atoms with E-state index in [1.54, 1.807) is 4.90 Å². The van der Waals surface area contributed by atoms with Gasteiger partial charge in [0, 0.05) is 19.0 Å². The monoisotopic (exact) mass is 359 g/mol. The number of amides is 1. The SMILES string of the molecule is COC(=O)[C@@]12COC[C@@H]1CN(C(=O)COCc1nc3ccccc3[nH]1)C2. The van der Waals surface area contributed by atoms with E-state index >= 15 is 0 Å². The molecule has 8 nitrogen and oxygen atoms in total. The molecule has 0 unspecified atom stereocenters. The molecule has 0 radical (unpaired) electrons. The van der Waals surface area contributed by atoms with Crippen LogP contribution in [0, 0.1) is 11.3 Å². The molecule has 2 aliphatic rings. The van der Waals surface area contributed by atoms with Crippen molar-refractivity contribution in [1.29, 1.82) is 0 Å². The number of aromatic amines is 1. The lowest BCUT2D eigenvalue weighted by molar-refractivity contribution is -0.153. The van der Waals surface area contributed by atoms with Crippen molar-refractivity contribution in [2.75, 3.05) is 40.0 Å². The average Bonchev–Trinajstić information content (AvgIpc) is 3.32. The molecule has 1 aromatic carbocycles. The second-order valence-electron chi connectivity index (χ2n) is 6.83. The van der Waals surface area contributed by atoms with Crippen LogP contribution in [0.5, 0.6) is 0 Å². The fraction of sp³-hybridized carbons (Fsp3) is 0.500. The number of hydrogen-bond acceptors (Lipinski definition) is 6. The predicted octanol–water partition coefficient (Wildman–Crippen LogP) is 0.728. The number of ether oxygens (including phenoxy) is 3. The highest BCUT2D eigenvalue weighted by atomic mass is 16.5. The van der Waals surface area contributed by atoms with E-state index in [1.165, 1.54) is 7.11 Å². The number of esters is 1. The molecule has 138 valence electrons. The molecule has 1 N–H and O–H groups in total. The van der Waals surface area contributed by atoms with Gasteiger partial charge in [0.25, 0.3) is 0 Å². The van der Waals surface area contributed by atoms with Gasteiger partial charge in [-0.05, 0) is 12.1 Å². The van der Waals surface area contributed by atoms with Gasteiger partial charge in [-0.1, -0.05) is 12.1 Å². The smallest absolute Gasteiger partial charge is 0.316 e. The standard InChI is InChI=1S/C18H21N3O5/c1-24-17(23)18-10-21(6-12(18)7-26-11-18)16(22)9-25-8-15-19-13-4-2-3-5-14(13)20-15/h2-5,12H,6-11H2,1H3,(H,19,20)/t12-,18-/m0/s1. The van der Waals surface area contributed by atoms with Crippen LogP contribution in [-0.2, 0) is 30.4 Å². The average molecular weight is 359 g/mol. The lowest BCUT2D eigenvalue weighted by Crippen LogP contribution is -2.41. The third kappa shape index (κ3) is 2.85. The van der Waals surface area contributed by atoms with Crippen LogP contribution in [-0.4, -0.2) is 66.8 Å². The van der Waals surface area contributed by atoms with Crippen molar-refractivity contribution < 1.29 is 23.8 Å². The van der Waals surface area contributed by atoms with Crippen molar-refractivity contribution >= 4 is 22.9 Å². The van der Waals surface area contributed by atoms with E-state index in [0.717, 1.165) is 11.0 Å². The maximum atomic E-state index is 12.5. The summed E-state index contributed by atoms with van der Waals surface area (Å²) in [5.74, 6) is 0.211. The summed E-state index contributed by atoms with van der Waals surface area (Å²) >= 11 is 0. The van der Waals surface area contributed by atoms with E-state index in [4.69, 9.17) is 14.2 Å². The summed E-state index contributed by atoms with van der Waals surface area (Å²) in [6.07, 6.45) is 0. The van der Waals surface area contributed by atoms with Crippen LogP contribution < -0.4 is 0 Å². The van der Waals surface area contributed by atoms with Crippen molar-refractivity contribution in [2.24, 2.45) is 11.3 Å². The third-order valence-corrected chi connectivity index (χ3v) is 5.22. The maximum absolute atomic E-state index is 12.5. The largest absolute Gasteiger partial charge is 0.468 e. The molecule has 2 atom stereocenters. The maximum Gasteiger partial charge on any atom is 0.316 e. The number of methoxy groups -OCH3 is 1. The fourth-order valence-corrected chi connectivity index (χ4v) is 3.82. The van der Waals surface area contributed by atoms with Crippen molar-refractivity contribution in [1.82, 2.24) is 14.9 Å². The number of rotatable bonds is 5. The molecule has 2 saturated heterocycles. The van der Waals surface area contributed by atoms with Crippen molar-refractivity contribution in [2.45, 2.75) is 6.61 Å². The number of H-pyrrole nitrogens is 1. The fourth-order valence-electron chi connectivity index (χ4n) is 3.82. The number of carbonyl (C=O) groups is 2. The minimum Gasteiger partial charge on any atom is -0.468 e. The summed E-state index contributed by atoms with van der Waals surface area (Å²) in [5.41, 5.74) is 1.07. The molecule has 0 spiro atoms. The molecule has 26 heavy (non-hydrogen) atoms. The Kier molecular flexibility index (Phi) is 4.37. The molecule has 2 aromatic rings. The van der Waals surface area contributed by atoms with Gasteiger partial charge in [-0.15, -0.1) is 0 Å². The molecule has 0 bridgehead atoms. The van der Waals surface area contributed by atoms with E-state index in [-0.39, 0.29) is 31.0 Å². The lowest BCUT2D eigenvalue weighted by Gasteiger charge is -2.23. The Hall–Kier alpha value is -2.45. The van der Waals surface area contributed by atoms with Gasteiger partial charge in [0.2, 0.25) is 5.91 Å². The number of likely N-dealkylation sites (tertiary alicyclic amines) is 1. The number of benzene rings is 1. The topological polar surface area (TPSA) is 93.8 Å². The summed E-state index contributed by atoms with van der Waals surface area (Å²) < 4.78 is 15.9. The van der Waals surface area contributed by atoms with Crippen LogP contribution in [0.15, 0.2) is 24.3 Å². The Morgan fingerprint density at radius 2 is 2.27 bits per heavy atom. The van der Waals surface area contributed by atoms with Crippen LogP contribution in [0.3, 0.4) is 0 Å². The number of hydrogen-bond donors (Lipinski definition) is 1. The molecule has 1 amide bonds. The zero-order valence-corrected chi connectivity index (χ0v) is 14.6. The highest BCUT2D eigenvalue weighted by molar-refractivity contribution is 5.83. The first kappa shape index (κ1) is 17.0. The van der Waals surface area contributed by atoms with Crippen LogP contribution in [0.1, 0.15) is 5.82 Å². The highest BCUT2D eigenvalue weighted by Crippen LogP contribution is 2.42. The van der Waals surface area contributed by atoms with Crippen LogP contribution >= 0.6 is 0 Å². The van der Waals surface area contributed by atoms with E-state index < -0.39 is 5.41 Å². The van der Waals surface area contributed by atoms with Crippen LogP contribution in [0.4, 0.5) is 0 Å². The Labute approximate surface area is 150 Å². The number of imidazole rings is 1. The molecule has 2 aliphatic heterocycles. The van der Waals surface area contributed by atoms with Crippen molar-refractivity contribution in [3.05, 3.63) is 30.1 Å². The van der Waals surface area contributed by atoms with E-state index in [0.29, 0.717) is 32.1 Å². The first-order valence-electron chi connectivity index (χ1n) is 8.58. The second-order valence-corrected chi connectivity index (χ2v) is 6.83. The first-order chi connectivity index (χ1) is 12.6. The van der Waals surface area contributed by atoms with Gasteiger partial charge in [0.05, 0.1) is 31.4 Å². The number of para-hydroxylation sites is 2. The minimum atomic E-state index is -0.733. The summed E-state index contributed by atoms with van der Waals surface area (Å²) in [4.78, 5) is 33.9. The van der Waals surface area contributed by atoms with E-state index in [9.17, 15) is 9.59 Å². The number of aromatic nitrogens is 2. The van der Waals surface area contributed by atoms with Gasteiger partial charge in [0.1, 0.15) is 24.5 Å². The molecule has 3 heterocycles. The Morgan fingerprint density at radius 1 is 1.42 bits per heavy atom. The summed E-state index contributed by atoms with van der Waals surface area (Å²) in [6.45, 7) is 1.75. The molecular formula is C18H21N3O5. The molecule has 2 fully saturated rings. The zero-order chi connectivity index (χ0) is 18.1. The van der Waals surface area contributed by atoms with Gasteiger partial charge < -0.3 is 24.1 Å². The number of carbonyl (C=O) groups excluding carboxylic acids is 2. The van der Waals surface area contributed by atoms with Gasteiger partial charge in [-0.25, -0.2) is 4.98 Å². The Balaban J connectivity index is 1.33. The minimum absolute atomic E-state index is 0.0192. The van der Waals surface area contributed by atoms with Gasteiger partial charge in [-0.3, -0.25) is 9.59 Å². The third-order valence-electron chi connectivity index (χ3n) is 5.22. The molecule has 4 rings (SSSR count). The van der Waals surface area contributed by atoms with E-state index in [2.05, 4.69) is 9.97 Å². The predicted molar refractivity (Wildman–Crippen MR) is 91.1 cm³/mol. The number of fused-ring (bicyclic) bond motifs is 2. The summed E-state index contributed by atoms with van der Waals surface area (Å²) in [7, 11) is 1.37. The van der Waals surface area contributed by atoms with Crippen molar-refractivity contribution in [3.8, 4) is 0 Å². The quantitative estimate of drug-likeness (QED) is 0.791. The molecule has 0 aliphatic carbocycles. The molecule has 1 aromatic heterocycles. The summed E-state index contributed by atoms with van der Waals surface area (Å²) in [5, 5.41) is 0. The molecule has 8 heteroatoms. The molecule has 0 saturated carbocycles. The Bertz CT molecular complexity index is 802. The number of nitrogens with zero attached hydrogens (tertiary/aromatic N) is 2. The molecular weight excluding hydrogens is 338 g/mol. The van der Waals surface area contributed by atoms with Gasteiger partial charge >= 0.3 is 5.97 Å². The lowest BCUT2D eigenvalue weighted by atomic mass is 9.81. The Morgan fingerprint density at radius 3 is 3.08 bits per heavy atom. The van der Waals surface area contributed by atoms with Crippen LogP contribution in [0.25, 0.3) is 11.0 Å². The normalized spacial score (nSPS) is 24.8. The van der Waals surface area contributed by atoms with Crippen LogP contribution in [0.2, 0.25) is 0 Å².